The van der Waals surface area contributed by atoms with Crippen molar-refractivity contribution in [2.75, 3.05) is 33.4 Å². The van der Waals surface area contributed by atoms with Crippen LogP contribution in [0.15, 0.2) is 30.3 Å². The number of amides is 1. The molecule has 198 valence electrons. The van der Waals surface area contributed by atoms with Gasteiger partial charge in [-0.1, -0.05) is 0 Å². The first-order valence-electron chi connectivity index (χ1n) is 13.3. The number of hydrogen-bond acceptors (Lipinski definition) is 6. The lowest BCUT2D eigenvalue weighted by molar-refractivity contribution is -0.0383. The number of pyridine rings is 1. The van der Waals surface area contributed by atoms with Gasteiger partial charge in [0.2, 0.25) is 5.88 Å². The number of nitrogens with zero attached hydrogens (tertiary/aromatic N) is 5. The van der Waals surface area contributed by atoms with Crippen LogP contribution in [0.5, 0.6) is 5.88 Å². The fourth-order valence-electron chi connectivity index (χ4n) is 5.95. The summed E-state index contributed by atoms with van der Waals surface area (Å²) in [6, 6.07) is 9.06. The van der Waals surface area contributed by atoms with Crippen molar-refractivity contribution in [3.8, 4) is 17.4 Å². The van der Waals surface area contributed by atoms with Crippen LogP contribution in [-0.2, 0) is 18.3 Å². The van der Waals surface area contributed by atoms with Crippen molar-refractivity contribution in [2.45, 2.75) is 38.0 Å². The Morgan fingerprint density at radius 1 is 1.21 bits per heavy atom. The molecule has 7 rings (SSSR count). The van der Waals surface area contributed by atoms with Gasteiger partial charge >= 0.3 is 0 Å². The average molecular weight is 519 g/mol. The van der Waals surface area contributed by atoms with Gasteiger partial charge in [-0.3, -0.25) is 4.79 Å². The van der Waals surface area contributed by atoms with E-state index in [1.54, 1.807) is 22.6 Å². The number of morpholine rings is 1. The molecule has 1 aromatic carbocycles. The number of benzene rings is 1. The summed E-state index contributed by atoms with van der Waals surface area (Å²) in [6.07, 6.45) is 3.27. The molecule has 3 aliphatic rings. The maximum atomic E-state index is 15.6. The highest BCUT2D eigenvalue weighted by atomic mass is 19.1. The Kier molecular flexibility index (Phi) is 5.63. The summed E-state index contributed by atoms with van der Waals surface area (Å²) in [5.74, 6) is 1.16. The maximum absolute atomic E-state index is 15.6. The Labute approximate surface area is 219 Å². The van der Waals surface area contributed by atoms with Crippen LogP contribution >= 0.6 is 0 Å². The SMILES string of the molecule is COc1ccc2cc(-c3nc4cc(C(=O)N5CC[C@H]6OCCNC6C5)cc(F)c4n3C)n(CC3CC3)c2n1. The molecule has 1 saturated carbocycles. The zero-order chi connectivity index (χ0) is 26.0. The molecule has 0 spiro atoms. The number of imidazole rings is 1. The minimum Gasteiger partial charge on any atom is -0.481 e. The summed E-state index contributed by atoms with van der Waals surface area (Å²) in [4.78, 5) is 24.8. The number of aromatic nitrogens is 4. The third-order valence-electron chi connectivity index (χ3n) is 8.14. The molecule has 0 radical (unpaired) electrons. The molecule has 3 fully saturated rings. The summed E-state index contributed by atoms with van der Waals surface area (Å²) in [5.41, 5.74) is 2.88. The van der Waals surface area contributed by atoms with Crippen molar-refractivity contribution in [2.24, 2.45) is 13.0 Å². The number of hydrogen-bond donors (Lipinski definition) is 1. The van der Waals surface area contributed by atoms with E-state index in [-0.39, 0.29) is 18.1 Å². The predicted octanol–water partition coefficient (Wildman–Crippen LogP) is 3.35. The smallest absolute Gasteiger partial charge is 0.254 e. The minimum absolute atomic E-state index is 0.108. The third kappa shape index (κ3) is 3.94. The summed E-state index contributed by atoms with van der Waals surface area (Å²) in [7, 11) is 3.43. The third-order valence-corrected chi connectivity index (χ3v) is 8.14. The van der Waals surface area contributed by atoms with Crippen LogP contribution in [0.3, 0.4) is 0 Å². The van der Waals surface area contributed by atoms with Gasteiger partial charge in [0.1, 0.15) is 17.0 Å². The second-order valence-corrected chi connectivity index (χ2v) is 10.7. The molecule has 2 aliphatic heterocycles. The van der Waals surface area contributed by atoms with E-state index in [4.69, 9.17) is 19.4 Å². The van der Waals surface area contributed by atoms with E-state index in [0.717, 1.165) is 36.2 Å². The van der Waals surface area contributed by atoms with Gasteiger partial charge in [0.25, 0.3) is 5.91 Å². The van der Waals surface area contributed by atoms with E-state index >= 15 is 4.39 Å². The van der Waals surface area contributed by atoms with Gasteiger partial charge in [-0.2, -0.15) is 4.98 Å². The average Bonchev–Trinajstić information content (AvgIpc) is 3.61. The van der Waals surface area contributed by atoms with E-state index in [1.165, 1.54) is 18.9 Å². The molecule has 3 aromatic heterocycles. The lowest BCUT2D eigenvalue weighted by Gasteiger charge is -2.41. The van der Waals surface area contributed by atoms with Crippen LogP contribution in [0.25, 0.3) is 33.6 Å². The van der Waals surface area contributed by atoms with Crippen molar-refractivity contribution in [1.29, 1.82) is 0 Å². The van der Waals surface area contributed by atoms with E-state index < -0.39 is 5.82 Å². The second-order valence-electron chi connectivity index (χ2n) is 10.7. The van der Waals surface area contributed by atoms with Crippen LogP contribution in [0.4, 0.5) is 4.39 Å². The molecule has 10 heteroatoms. The number of likely N-dealkylation sites (tertiary alicyclic amines) is 1. The molecule has 1 amide bonds. The molecule has 0 bridgehead atoms. The van der Waals surface area contributed by atoms with Gasteiger partial charge in [-0.25, -0.2) is 9.37 Å². The molecule has 2 saturated heterocycles. The van der Waals surface area contributed by atoms with Crippen molar-refractivity contribution >= 4 is 28.0 Å². The quantitative estimate of drug-likeness (QED) is 0.436. The lowest BCUT2D eigenvalue weighted by Crippen LogP contribution is -2.59. The molecule has 4 aromatic rings. The first-order valence-corrected chi connectivity index (χ1v) is 13.3. The lowest BCUT2D eigenvalue weighted by atomic mass is 9.99. The van der Waals surface area contributed by atoms with E-state index in [9.17, 15) is 4.79 Å². The number of piperidine rings is 1. The van der Waals surface area contributed by atoms with Gasteiger partial charge in [0.05, 0.1) is 37.1 Å². The van der Waals surface area contributed by atoms with Gasteiger partial charge in [0, 0.05) is 50.2 Å². The Hall–Kier alpha value is -3.50. The van der Waals surface area contributed by atoms with Gasteiger partial charge in [-0.05, 0) is 49.4 Å². The van der Waals surface area contributed by atoms with Gasteiger partial charge in [0.15, 0.2) is 5.82 Å². The number of halogens is 1. The Bertz CT molecular complexity index is 1560. The van der Waals surface area contributed by atoms with Crippen molar-refractivity contribution in [3.05, 3.63) is 41.7 Å². The normalized spacial score (nSPS) is 21.7. The number of methoxy groups -OCH3 is 1. The summed E-state index contributed by atoms with van der Waals surface area (Å²) >= 11 is 0. The number of rotatable bonds is 5. The number of fused-ring (bicyclic) bond motifs is 3. The molecule has 38 heavy (non-hydrogen) atoms. The summed E-state index contributed by atoms with van der Waals surface area (Å²) in [6.45, 7) is 3.44. The second kappa shape index (κ2) is 9.06. The highest BCUT2D eigenvalue weighted by Gasteiger charge is 2.34. The van der Waals surface area contributed by atoms with Gasteiger partial charge in [-0.15, -0.1) is 0 Å². The Balaban J connectivity index is 1.27. The van der Waals surface area contributed by atoms with Crippen LogP contribution in [0.2, 0.25) is 0 Å². The van der Waals surface area contributed by atoms with E-state index in [2.05, 4.69) is 16.0 Å². The summed E-state index contributed by atoms with van der Waals surface area (Å²) in [5, 5.41) is 4.42. The van der Waals surface area contributed by atoms with E-state index in [1.807, 2.05) is 19.2 Å². The first-order chi connectivity index (χ1) is 18.5. The van der Waals surface area contributed by atoms with E-state index in [0.29, 0.717) is 53.9 Å². The number of carbonyl (C=O) groups is 1. The minimum atomic E-state index is -0.453. The van der Waals surface area contributed by atoms with Crippen molar-refractivity contribution < 1.29 is 18.7 Å². The number of aryl methyl sites for hydroxylation is 1. The van der Waals surface area contributed by atoms with Crippen LogP contribution in [0, 0.1) is 11.7 Å². The fourth-order valence-corrected chi connectivity index (χ4v) is 5.95. The Morgan fingerprint density at radius 2 is 2.08 bits per heavy atom. The summed E-state index contributed by atoms with van der Waals surface area (Å²) < 4.78 is 30.7. The first kappa shape index (κ1) is 23.6. The molecule has 1 unspecified atom stereocenters. The number of nitrogens with one attached hydrogen (secondary N) is 1. The number of ether oxygens (including phenoxy) is 2. The van der Waals surface area contributed by atoms with Crippen LogP contribution < -0.4 is 10.1 Å². The number of carbonyl (C=O) groups excluding carboxylic acids is 1. The monoisotopic (exact) mass is 518 g/mol. The zero-order valence-electron chi connectivity index (χ0n) is 21.6. The zero-order valence-corrected chi connectivity index (χ0v) is 21.6. The standard InChI is InChI=1S/C28H31FN6O3/c1-33-25-19(29)11-18(28(36)34-9-7-23-21(15-34)30-8-10-38-23)12-20(25)31-27(33)22-13-17-5-6-24(37-2)32-26(17)35(22)14-16-3-4-16/h5-6,11-13,16,21,23,30H,3-4,7-10,14-15H2,1-2H3/t21?,23-/m1/s1. The maximum Gasteiger partial charge on any atom is 0.254 e. The molecular weight excluding hydrogens is 487 g/mol. The highest BCUT2D eigenvalue weighted by Crippen LogP contribution is 2.37. The Morgan fingerprint density at radius 3 is 2.89 bits per heavy atom. The molecule has 1 N–H and O–H groups in total. The molecule has 1 aliphatic carbocycles. The predicted molar refractivity (Wildman–Crippen MR) is 141 cm³/mol. The van der Waals surface area contributed by atoms with Crippen LogP contribution in [0.1, 0.15) is 29.6 Å². The van der Waals surface area contributed by atoms with Crippen molar-refractivity contribution in [1.82, 2.24) is 29.3 Å². The fraction of sp³-hybridized carbons (Fsp3) is 0.464. The van der Waals surface area contributed by atoms with Crippen molar-refractivity contribution in [3.63, 3.8) is 0 Å². The molecule has 9 nitrogen and oxygen atoms in total. The topological polar surface area (TPSA) is 86.4 Å². The molecule has 5 heterocycles. The molecule has 2 atom stereocenters. The van der Waals surface area contributed by atoms with Gasteiger partial charge < -0.3 is 28.8 Å². The molecular formula is C28H31FN6O3. The van der Waals surface area contributed by atoms with Crippen LogP contribution in [-0.4, -0.2) is 75.4 Å². The highest BCUT2D eigenvalue weighted by molar-refractivity contribution is 5.98. The largest absolute Gasteiger partial charge is 0.481 e.